The van der Waals surface area contributed by atoms with Gasteiger partial charge in [0.2, 0.25) is 0 Å². The van der Waals surface area contributed by atoms with Crippen LogP contribution in [0.2, 0.25) is 0 Å². The Morgan fingerprint density at radius 1 is 1.25 bits per heavy atom. The second-order valence-electron chi connectivity index (χ2n) is 5.08. The fourth-order valence-corrected chi connectivity index (χ4v) is 2.52. The summed E-state index contributed by atoms with van der Waals surface area (Å²) >= 11 is 0. The van der Waals surface area contributed by atoms with E-state index in [1.54, 1.807) is 17.9 Å². The molecule has 0 bridgehead atoms. The van der Waals surface area contributed by atoms with Gasteiger partial charge in [0.05, 0.1) is 17.0 Å². The Hall–Kier alpha value is -2.43. The molecule has 1 aliphatic heterocycles. The third kappa shape index (κ3) is 2.01. The number of aryl methyl sites for hydroxylation is 2. The minimum absolute atomic E-state index is 0.0372. The van der Waals surface area contributed by atoms with Gasteiger partial charge in [-0.2, -0.15) is 10.2 Å². The lowest BCUT2D eigenvalue weighted by Crippen LogP contribution is -2.30. The van der Waals surface area contributed by atoms with Gasteiger partial charge in [-0.25, -0.2) is 0 Å². The van der Waals surface area contributed by atoms with Crippen molar-refractivity contribution in [1.82, 2.24) is 10.2 Å². The number of benzene rings is 1. The first-order chi connectivity index (χ1) is 9.56. The fraction of sp³-hybridized carbons (Fsp3) is 0.267. The van der Waals surface area contributed by atoms with Crippen LogP contribution >= 0.6 is 0 Å². The van der Waals surface area contributed by atoms with E-state index >= 15 is 0 Å². The smallest absolute Gasteiger partial charge is 0.260 e. The Morgan fingerprint density at radius 2 is 2.05 bits per heavy atom. The third-order valence-electron chi connectivity index (χ3n) is 3.58. The second kappa shape index (κ2) is 4.59. The second-order valence-corrected chi connectivity index (χ2v) is 5.08. The molecule has 3 rings (SSSR count). The zero-order valence-electron chi connectivity index (χ0n) is 11.6. The first-order valence-corrected chi connectivity index (χ1v) is 6.57. The molecule has 0 saturated carbocycles. The Labute approximate surface area is 117 Å². The predicted molar refractivity (Wildman–Crippen MR) is 77.7 cm³/mol. The van der Waals surface area contributed by atoms with E-state index in [9.17, 15) is 4.79 Å². The van der Waals surface area contributed by atoms with Gasteiger partial charge in [0.1, 0.15) is 0 Å². The van der Waals surface area contributed by atoms with Crippen LogP contribution in [-0.2, 0) is 6.42 Å². The van der Waals surface area contributed by atoms with Crippen LogP contribution in [0, 0.1) is 13.8 Å². The largest absolute Gasteiger partial charge is 0.399 e. The molecule has 0 aliphatic carbocycles. The van der Waals surface area contributed by atoms with Gasteiger partial charge < -0.3 is 10.6 Å². The van der Waals surface area contributed by atoms with E-state index in [0.717, 1.165) is 23.4 Å². The number of aromatic nitrogens is 2. The van der Waals surface area contributed by atoms with Gasteiger partial charge in [-0.3, -0.25) is 4.79 Å². The highest BCUT2D eigenvalue weighted by Gasteiger charge is 2.27. The van der Waals surface area contributed by atoms with Crippen LogP contribution in [0.1, 0.15) is 27.3 Å². The summed E-state index contributed by atoms with van der Waals surface area (Å²) in [6.07, 6.45) is 0.859. The van der Waals surface area contributed by atoms with E-state index in [0.29, 0.717) is 23.5 Å². The summed E-state index contributed by atoms with van der Waals surface area (Å²) in [6, 6.07) is 7.50. The number of hydrogen-bond donors (Lipinski definition) is 1. The van der Waals surface area contributed by atoms with Crippen molar-refractivity contribution in [2.75, 3.05) is 17.2 Å². The molecule has 5 heteroatoms. The number of nitrogen functional groups attached to an aromatic ring is 1. The van der Waals surface area contributed by atoms with Crippen molar-refractivity contribution < 1.29 is 4.79 Å². The maximum Gasteiger partial charge on any atom is 0.260 e. The van der Waals surface area contributed by atoms with Gasteiger partial charge in [0.15, 0.2) is 0 Å². The summed E-state index contributed by atoms with van der Waals surface area (Å²) in [4.78, 5) is 14.5. The van der Waals surface area contributed by atoms with Crippen LogP contribution in [-0.4, -0.2) is 22.6 Å². The zero-order chi connectivity index (χ0) is 14.3. The van der Waals surface area contributed by atoms with Crippen molar-refractivity contribution in [3.63, 3.8) is 0 Å². The first kappa shape index (κ1) is 12.6. The highest BCUT2D eigenvalue weighted by atomic mass is 16.2. The molecule has 1 aromatic carbocycles. The van der Waals surface area contributed by atoms with Gasteiger partial charge in [-0.15, -0.1) is 0 Å². The minimum atomic E-state index is -0.0372. The molecule has 1 amide bonds. The SMILES string of the molecule is Cc1cc(C(=O)N2CCc3ccc(N)cc32)c(C)nn1. The molecular weight excluding hydrogens is 252 g/mol. The summed E-state index contributed by atoms with van der Waals surface area (Å²) in [7, 11) is 0. The van der Waals surface area contributed by atoms with E-state index < -0.39 is 0 Å². The van der Waals surface area contributed by atoms with E-state index in [4.69, 9.17) is 5.73 Å². The van der Waals surface area contributed by atoms with Crippen LogP contribution < -0.4 is 10.6 Å². The van der Waals surface area contributed by atoms with Gasteiger partial charge in [0, 0.05) is 17.9 Å². The number of nitrogens with two attached hydrogens (primary N) is 1. The molecule has 0 radical (unpaired) electrons. The number of anilines is 2. The van der Waals surface area contributed by atoms with Crippen molar-refractivity contribution in [1.29, 1.82) is 0 Å². The minimum Gasteiger partial charge on any atom is -0.399 e. The lowest BCUT2D eigenvalue weighted by Gasteiger charge is -2.18. The standard InChI is InChI=1S/C15H16N4O/c1-9-7-13(10(2)18-17-9)15(20)19-6-5-11-3-4-12(16)8-14(11)19/h3-4,7-8H,5-6,16H2,1-2H3. The van der Waals surface area contributed by atoms with E-state index in [2.05, 4.69) is 10.2 Å². The molecule has 0 fully saturated rings. The van der Waals surface area contributed by atoms with Crippen LogP contribution in [0.4, 0.5) is 11.4 Å². The van der Waals surface area contributed by atoms with Gasteiger partial charge in [-0.1, -0.05) is 6.07 Å². The van der Waals surface area contributed by atoms with Crippen molar-refractivity contribution >= 4 is 17.3 Å². The maximum absolute atomic E-state index is 12.7. The molecule has 5 nitrogen and oxygen atoms in total. The third-order valence-corrected chi connectivity index (χ3v) is 3.58. The van der Waals surface area contributed by atoms with Gasteiger partial charge in [0.25, 0.3) is 5.91 Å². The van der Waals surface area contributed by atoms with Crippen LogP contribution in [0.3, 0.4) is 0 Å². The van der Waals surface area contributed by atoms with Gasteiger partial charge in [-0.05, 0) is 44.0 Å². The summed E-state index contributed by atoms with van der Waals surface area (Å²) in [5.41, 5.74) is 10.6. The molecule has 0 atom stereocenters. The first-order valence-electron chi connectivity index (χ1n) is 6.57. The quantitative estimate of drug-likeness (QED) is 0.801. The molecular formula is C15H16N4O. The lowest BCUT2D eigenvalue weighted by atomic mass is 10.1. The van der Waals surface area contributed by atoms with E-state index in [1.807, 2.05) is 25.1 Å². The maximum atomic E-state index is 12.7. The summed E-state index contributed by atoms with van der Waals surface area (Å²) < 4.78 is 0. The average Bonchev–Trinajstić information content (AvgIpc) is 2.83. The Morgan fingerprint density at radius 3 is 2.85 bits per heavy atom. The number of nitrogens with zero attached hydrogens (tertiary/aromatic N) is 3. The van der Waals surface area contributed by atoms with E-state index in [-0.39, 0.29) is 5.91 Å². The summed E-state index contributed by atoms with van der Waals surface area (Å²) in [5, 5.41) is 7.99. The van der Waals surface area contributed by atoms with Crippen molar-refractivity contribution in [3.8, 4) is 0 Å². The Bertz CT molecular complexity index is 696. The molecule has 20 heavy (non-hydrogen) atoms. The molecule has 2 N–H and O–H groups in total. The number of hydrogen-bond acceptors (Lipinski definition) is 4. The predicted octanol–water partition coefficient (Wildman–Crippen LogP) is 1.88. The van der Waals surface area contributed by atoms with Crippen molar-refractivity contribution in [3.05, 3.63) is 46.8 Å². The average molecular weight is 268 g/mol. The van der Waals surface area contributed by atoms with Crippen LogP contribution in [0.5, 0.6) is 0 Å². The number of carbonyl (C=O) groups is 1. The molecule has 0 saturated heterocycles. The molecule has 1 aromatic heterocycles. The normalized spacial score (nSPS) is 13.4. The fourth-order valence-electron chi connectivity index (χ4n) is 2.52. The molecule has 0 spiro atoms. The number of fused-ring (bicyclic) bond motifs is 1. The zero-order valence-corrected chi connectivity index (χ0v) is 11.6. The number of rotatable bonds is 1. The highest BCUT2D eigenvalue weighted by molar-refractivity contribution is 6.08. The molecule has 102 valence electrons. The van der Waals surface area contributed by atoms with E-state index in [1.165, 1.54) is 0 Å². The molecule has 0 unspecified atom stereocenters. The highest BCUT2D eigenvalue weighted by Crippen LogP contribution is 2.31. The van der Waals surface area contributed by atoms with Gasteiger partial charge >= 0.3 is 0 Å². The monoisotopic (exact) mass is 268 g/mol. The van der Waals surface area contributed by atoms with Crippen LogP contribution in [0.25, 0.3) is 0 Å². The Kier molecular flexibility index (Phi) is 2.89. The summed E-state index contributed by atoms with van der Waals surface area (Å²) in [6.45, 7) is 4.31. The summed E-state index contributed by atoms with van der Waals surface area (Å²) in [5.74, 6) is -0.0372. The lowest BCUT2D eigenvalue weighted by molar-refractivity contribution is 0.0988. The molecule has 2 aromatic rings. The number of carbonyl (C=O) groups excluding carboxylic acids is 1. The van der Waals surface area contributed by atoms with Crippen molar-refractivity contribution in [2.45, 2.75) is 20.3 Å². The Balaban J connectivity index is 2.01. The molecule has 1 aliphatic rings. The number of amides is 1. The van der Waals surface area contributed by atoms with Crippen LogP contribution in [0.15, 0.2) is 24.3 Å². The topological polar surface area (TPSA) is 72.1 Å². The molecule has 2 heterocycles. The van der Waals surface area contributed by atoms with Crippen molar-refractivity contribution in [2.24, 2.45) is 0 Å².